The lowest BCUT2D eigenvalue weighted by Crippen LogP contribution is -2.36. The number of nitrogens with one attached hydrogen (secondary N) is 2. The molecule has 1 saturated heterocycles. The van der Waals surface area contributed by atoms with Crippen LogP contribution in [0.4, 0.5) is 21.5 Å². The highest BCUT2D eigenvalue weighted by Gasteiger charge is 2.18. The topological polar surface area (TPSA) is 106 Å². The van der Waals surface area contributed by atoms with Crippen molar-refractivity contribution in [2.45, 2.75) is 6.92 Å². The summed E-state index contributed by atoms with van der Waals surface area (Å²) in [6.07, 6.45) is 4.18. The summed E-state index contributed by atoms with van der Waals surface area (Å²) in [7, 11) is -3.44. The minimum atomic E-state index is -3.44. The molecule has 1 aromatic carbocycles. The zero-order chi connectivity index (χ0) is 23.6. The number of sulfonamides is 1. The Kier molecular flexibility index (Phi) is 6.34. The fourth-order valence-electron chi connectivity index (χ4n) is 3.60. The molecule has 2 aromatic heterocycles. The molecule has 1 fully saturated rings. The monoisotopic (exact) mass is 473 g/mol. The maximum Gasteiger partial charge on any atom is 0.257 e. The van der Waals surface area contributed by atoms with Gasteiger partial charge in [-0.25, -0.2) is 17.8 Å². The van der Waals surface area contributed by atoms with Crippen LogP contribution < -0.4 is 14.9 Å². The van der Waals surface area contributed by atoms with Gasteiger partial charge in [-0.2, -0.15) is 0 Å². The smallest absolute Gasteiger partial charge is 0.257 e. The minimum absolute atomic E-state index is 0.0999. The molecule has 0 atom stereocenters. The number of morpholine rings is 1. The van der Waals surface area contributed by atoms with Gasteiger partial charge in [0.2, 0.25) is 10.0 Å². The molecule has 1 aliphatic rings. The number of aryl methyl sites for hydroxylation is 1. The highest BCUT2D eigenvalue weighted by atomic mass is 32.2. The van der Waals surface area contributed by atoms with E-state index in [1.54, 1.807) is 37.4 Å². The molecule has 3 heterocycles. The second kappa shape index (κ2) is 9.20. The van der Waals surface area contributed by atoms with Crippen molar-refractivity contribution in [1.29, 1.82) is 0 Å². The van der Waals surface area contributed by atoms with E-state index in [1.807, 2.05) is 4.90 Å². The maximum absolute atomic E-state index is 14.9. The van der Waals surface area contributed by atoms with Gasteiger partial charge in [-0.1, -0.05) is 6.07 Å². The van der Waals surface area contributed by atoms with Crippen LogP contribution >= 0.6 is 0 Å². The fraction of sp³-hybridized carbons (Fsp3) is 0.273. The van der Waals surface area contributed by atoms with Crippen LogP contribution in [0.1, 0.15) is 16.1 Å². The number of ether oxygens (including phenoxy) is 1. The normalized spacial score (nSPS) is 14.2. The van der Waals surface area contributed by atoms with Crippen LogP contribution in [0.15, 0.2) is 48.8 Å². The number of anilines is 3. The van der Waals surface area contributed by atoms with Crippen molar-refractivity contribution in [2.75, 3.05) is 47.5 Å². The molecule has 33 heavy (non-hydrogen) atoms. The number of pyridine rings is 1. The van der Waals surface area contributed by atoms with Gasteiger partial charge < -0.3 is 19.5 Å². The zero-order valence-electron chi connectivity index (χ0n) is 18.2. The van der Waals surface area contributed by atoms with Gasteiger partial charge in [-0.15, -0.1) is 0 Å². The van der Waals surface area contributed by atoms with Gasteiger partial charge in [0.15, 0.2) is 11.6 Å². The van der Waals surface area contributed by atoms with Crippen LogP contribution in [0.2, 0.25) is 0 Å². The number of amides is 1. The first-order valence-corrected chi connectivity index (χ1v) is 12.2. The Hall–Kier alpha value is -3.44. The Morgan fingerprint density at radius 1 is 1.15 bits per heavy atom. The highest BCUT2D eigenvalue weighted by Crippen LogP contribution is 2.23. The molecule has 0 bridgehead atoms. The first kappa shape index (κ1) is 22.7. The van der Waals surface area contributed by atoms with E-state index in [0.717, 1.165) is 6.26 Å². The average Bonchev–Trinajstić information content (AvgIpc) is 3.15. The molecular formula is C22H24FN5O4S. The SMILES string of the molecule is Cc1cc(C(=O)Nc2cccc(NS(C)(=O)=O)c2)cn1-c1ncc(N2CCOCC2)cc1F. The van der Waals surface area contributed by atoms with Crippen LogP contribution in [0.3, 0.4) is 0 Å². The van der Waals surface area contributed by atoms with Crippen molar-refractivity contribution in [3.63, 3.8) is 0 Å². The number of rotatable bonds is 6. The molecule has 0 aliphatic carbocycles. The number of hydrogen-bond donors (Lipinski definition) is 2. The average molecular weight is 474 g/mol. The van der Waals surface area contributed by atoms with E-state index in [2.05, 4.69) is 15.0 Å². The largest absolute Gasteiger partial charge is 0.378 e. The Balaban J connectivity index is 1.52. The molecule has 0 radical (unpaired) electrons. The number of nitrogens with zero attached hydrogens (tertiary/aromatic N) is 3. The third-order valence-electron chi connectivity index (χ3n) is 5.11. The molecule has 9 nitrogen and oxygen atoms in total. The van der Waals surface area contributed by atoms with Crippen molar-refractivity contribution in [3.05, 3.63) is 65.9 Å². The van der Waals surface area contributed by atoms with E-state index >= 15 is 0 Å². The van der Waals surface area contributed by atoms with Gasteiger partial charge >= 0.3 is 0 Å². The van der Waals surface area contributed by atoms with Crippen LogP contribution in [0.25, 0.3) is 5.82 Å². The van der Waals surface area contributed by atoms with Gasteiger partial charge in [0.1, 0.15) is 0 Å². The van der Waals surface area contributed by atoms with Crippen molar-refractivity contribution >= 4 is 33.0 Å². The van der Waals surface area contributed by atoms with E-state index in [1.165, 1.54) is 22.9 Å². The predicted molar refractivity (Wildman–Crippen MR) is 124 cm³/mol. The molecule has 0 unspecified atom stereocenters. The van der Waals surface area contributed by atoms with E-state index in [-0.39, 0.29) is 5.82 Å². The highest BCUT2D eigenvalue weighted by molar-refractivity contribution is 7.92. The molecule has 2 N–H and O–H groups in total. The zero-order valence-corrected chi connectivity index (χ0v) is 19.0. The molecule has 0 spiro atoms. The lowest BCUT2D eigenvalue weighted by molar-refractivity contribution is 0.102. The first-order chi connectivity index (χ1) is 15.7. The number of carbonyl (C=O) groups is 1. The van der Waals surface area contributed by atoms with Crippen LogP contribution in [-0.2, 0) is 14.8 Å². The van der Waals surface area contributed by atoms with Crippen molar-refractivity contribution in [2.24, 2.45) is 0 Å². The Bertz CT molecular complexity index is 1290. The number of hydrogen-bond acceptors (Lipinski definition) is 6. The number of benzene rings is 1. The number of carbonyl (C=O) groups excluding carboxylic acids is 1. The first-order valence-electron chi connectivity index (χ1n) is 10.3. The van der Waals surface area contributed by atoms with Gasteiger partial charge in [-0.3, -0.25) is 9.52 Å². The number of aromatic nitrogens is 2. The molecule has 4 rings (SSSR count). The summed E-state index contributed by atoms with van der Waals surface area (Å²) in [6, 6.07) is 9.41. The summed E-state index contributed by atoms with van der Waals surface area (Å²) < 4.78 is 47.0. The Morgan fingerprint density at radius 2 is 1.88 bits per heavy atom. The Labute approximate surface area is 191 Å². The summed E-state index contributed by atoms with van der Waals surface area (Å²) in [5.74, 6) is -0.814. The minimum Gasteiger partial charge on any atom is -0.378 e. The third kappa shape index (κ3) is 5.49. The van der Waals surface area contributed by atoms with Crippen molar-refractivity contribution in [3.8, 4) is 5.82 Å². The molecule has 0 saturated carbocycles. The molecular weight excluding hydrogens is 449 g/mol. The fourth-order valence-corrected chi connectivity index (χ4v) is 4.15. The number of halogens is 1. The lowest BCUT2D eigenvalue weighted by Gasteiger charge is -2.28. The summed E-state index contributed by atoms with van der Waals surface area (Å²) in [4.78, 5) is 19.1. The predicted octanol–water partition coefficient (Wildman–Crippen LogP) is 2.78. The van der Waals surface area contributed by atoms with E-state index in [4.69, 9.17) is 4.74 Å². The quantitative estimate of drug-likeness (QED) is 0.570. The second-order valence-corrected chi connectivity index (χ2v) is 9.50. The standard InChI is InChI=1S/C22H24FN5O4S/c1-15-10-16(22(29)25-17-4-3-5-18(11-17)26-33(2,30)31)14-28(15)21-20(23)12-19(13-24-21)27-6-8-32-9-7-27/h3-5,10-14,26H,6-9H2,1-2H3,(H,25,29). The summed E-state index contributed by atoms with van der Waals surface area (Å²) >= 11 is 0. The maximum atomic E-state index is 14.9. The van der Waals surface area contributed by atoms with E-state index in [9.17, 15) is 17.6 Å². The van der Waals surface area contributed by atoms with Crippen molar-refractivity contribution in [1.82, 2.24) is 9.55 Å². The van der Waals surface area contributed by atoms with Gasteiger partial charge in [0.05, 0.1) is 42.6 Å². The summed E-state index contributed by atoms with van der Waals surface area (Å²) in [5, 5.41) is 2.72. The van der Waals surface area contributed by atoms with Crippen LogP contribution in [0.5, 0.6) is 0 Å². The molecule has 1 aliphatic heterocycles. The third-order valence-corrected chi connectivity index (χ3v) is 5.72. The second-order valence-electron chi connectivity index (χ2n) is 7.75. The molecule has 1 amide bonds. The van der Waals surface area contributed by atoms with Gasteiger partial charge in [0.25, 0.3) is 5.91 Å². The van der Waals surface area contributed by atoms with Gasteiger partial charge in [0, 0.05) is 36.7 Å². The lowest BCUT2D eigenvalue weighted by atomic mass is 10.2. The van der Waals surface area contributed by atoms with Gasteiger partial charge in [-0.05, 0) is 31.2 Å². The summed E-state index contributed by atoms with van der Waals surface area (Å²) in [5.41, 5.74) is 2.38. The van der Waals surface area contributed by atoms with Crippen LogP contribution in [0, 0.1) is 12.7 Å². The molecule has 11 heteroatoms. The van der Waals surface area contributed by atoms with E-state index in [0.29, 0.717) is 54.6 Å². The van der Waals surface area contributed by atoms with Crippen LogP contribution in [-0.4, -0.2) is 56.4 Å². The summed E-state index contributed by atoms with van der Waals surface area (Å²) in [6.45, 7) is 4.28. The van der Waals surface area contributed by atoms with E-state index < -0.39 is 21.7 Å². The molecule has 3 aromatic rings. The Morgan fingerprint density at radius 3 is 2.58 bits per heavy atom. The van der Waals surface area contributed by atoms with Crippen molar-refractivity contribution < 1.29 is 22.3 Å². The molecule has 174 valence electrons.